The highest BCUT2D eigenvalue weighted by Gasteiger charge is 2.13. The lowest BCUT2D eigenvalue weighted by molar-refractivity contribution is -0.384. The number of aromatic nitrogens is 2. The second kappa shape index (κ2) is 5.84. The summed E-state index contributed by atoms with van der Waals surface area (Å²) in [6.07, 6.45) is 5.42. The lowest BCUT2D eigenvalue weighted by Gasteiger charge is -2.11. The molecule has 19 heavy (non-hydrogen) atoms. The van der Waals surface area contributed by atoms with Gasteiger partial charge >= 0.3 is 0 Å². The van der Waals surface area contributed by atoms with Gasteiger partial charge in [0.05, 0.1) is 10.6 Å². The minimum absolute atomic E-state index is 0.0524. The quantitative estimate of drug-likeness (QED) is 0.478. The third-order valence-electron chi connectivity index (χ3n) is 2.87. The Balaban J connectivity index is 2.49. The van der Waals surface area contributed by atoms with Gasteiger partial charge in [-0.1, -0.05) is 6.92 Å². The number of nitrogens with zero attached hydrogens (tertiary/aromatic N) is 3. The van der Waals surface area contributed by atoms with Crippen molar-refractivity contribution in [2.45, 2.75) is 25.6 Å². The van der Waals surface area contributed by atoms with Gasteiger partial charge in [0.1, 0.15) is 5.82 Å². The number of halogens is 1. The number of rotatable bonds is 5. The molecular weight excluding hydrogens is 266 g/mol. The fourth-order valence-corrected chi connectivity index (χ4v) is 2.20. The van der Waals surface area contributed by atoms with Crippen molar-refractivity contribution in [1.29, 1.82) is 0 Å². The van der Waals surface area contributed by atoms with Crippen LogP contribution in [0.2, 0.25) is 0 Å². The van der Waals surface area contributed by atoms with Crippen LogP contribution in [0.5, 0.6) is 0 Å². The number of benzene rings is 1. The lowest BCUT2D eigenvalue weighted by Crippen LogP contribution is -2.03. The van der Waals surface area contributed by atoms with Gasteiger partial charge in [0.15, 0.2) is 0 Å². The minimum Gasteiger partial charge on any atom is -0.303 e. The van der Waals surface area contributed by atoms with Crippen molar-refractivity contribution in [3.63, 3.8) is 0 Å². The van der Waals surface area contributed by atoms with Gasteiger partial charge in [-0.15, -0.1) is 11.6 Å². The van der Waals surface area contributed by atoms with E-state index >= 15 is 0 Å². The summed E-state index contributed by atoms with van der Waals surface area (Å²) in [5, 5.41) is 10.8. The highest BCUT2D eigenvalue weighted by molar-refractivity contribution is 6.17. The smallest absolute Gasteiger partial charge is 0.269 e. The summed E-state index contributed by atoms with van der Waals surface area (Å²) in [7, 11) is 0. The fourth-order valence-electron chi connectivity index (χ4n) is 1.99. The molecule has 0 radical (unpaired) electrons. The average molecular weight is 280 g/mol. The maximum Gasteiger partial charge on any atom is 0.269 e. The van der Waals surface area contributed by atoms with Gasteiger partial charge in [-0.25, -0.2) is 4.98 Å². The normalized spacial score (nSPS) is 10.6. The number of nitro benzene ring substituents is 1. The van der Waals surface area contributed by atoms with Crippen LogP contribution >= 0.6 is 11.6 Å². The van der Waals surface area contributed by atoms with Crippen LogP contribution in [-0.4, -0.2) is 14.5 Å². The lowest BCUT2D eigenvalue weighted by atomic mass is 10.1. The number of aryl methyl sites for hydroxylation is 1. The van der Waals surface area contributed by atoms with Crippen LogP contribution in [0, 0.1) is 10.1 Å². The number of hydrogen-bond donors (Lipinski definition) is 0. The zero-order chi connectivity index (χ0) is 13.8. The van der Waals surface area contributed by atoms with Crippen LogP contribution in [0.3, 0.4) is 0 Å². The Morgan fingerprint density at radius 3 is 2.89 bits per heavy atom. The summed E-state index contributed by atoms with van der Waals surface area (Å²) in [4.78, 5) is 14.7. The molecule has 1 heterocycles. The summed E-state index contributed by atoms with van der Waals surface area (Å²) < 4.78 is 1.94. The summed E-state index contributed by atoms with van der Waals surface area (Å²) >= 11 is 5.90. The fraction of sp³-hybridized carbons (Fsp3) is 0.308. The maximum atomic E-state index is 10.8. The van der Waals surface area contributed by atoms with Crippen LogP contribution in [0.1, 0.15) is 24.7 Å². The third kappa shape index (κ3) is 2.76. The van der Waals surface area contributed by atoms with Crippen molar-refractivity contribution in [3.05, 3.63) is 52.1 Å². The van der Waals surface area contributed by atoms with E-state index in [0.717, 1.165) is 29.9 Å². The molecule has 2 rings (SSSR count). The standard InChI is InChI=1S/C13H14ClN3O2/c1-2-3-13-15-6-7-16(13)12-5-4-11(17(18)19)8-10(12)9-14/h4-8H,2-3,9H2,1H3. The van der Waals surface area contributed by atoms with E-state index in [1.165, 1.54) is 12.1 Å². The first-order valence-corrected chi connectivity index (χ1v) is 6.56. The Hall–Kier alpha value is -1.88. The first kappa shape index (κ1) is 13.5. The van der Waals surface area contributed by atoms with E-state index < -0.39 is 4.92 Å². The van der Waals surface area contributed by atoms with Crippen molar-refractivity contribution in [1.82, 2.24) is 9.55 Å². The number of nitro groups is 1. The highest BCUT2D eigenvalue weighted by atomic mass is 35.5. The van der Waals surface area contributed by atoms with Gasteiger partial charge in [0, 0.05) is 36.8 Å². The van der Waals surface area contributed by atoms with Crippen molar-refractivity contribution in [2.24, 2.45) is 0 Å². The van der Waals surface area contributed by atoms with Crippen LogP contribution in [-0.2, 0) is 12.3 Å². The average Bonchev–Trinajstić information content (AvgIpc) is 2.86. The zero-order valence-corrected chi connectivity index (χ0v) is 11.3. The molecule has 0 amide bonds. The molecule has 0 N–H and O–H groups in total. The molecule has 1 aromatic carbocycles. The molecule has 1 aromatic heterocycles. The Morgan fingerprint density at radius 1 is 1.47 bits per heavy atom. The highest BCUT2D eigenvalue weighted by Crippen LogP contribution is 2.24. The molecule has 0 unspecified atom stereocenters. The molecule has 5 nitrogen and oxygen atoms in total. The van der Waals surface area contributed by atoms with Crippen LogP contribution in [0.25, 0.3) is 5.69 Å². The molecule has 0 aliphatic carbocycles. The monoisotopic (exact) mass is 279 g/mol. The van der Waals surface area contributed by atoms with E-state index in [-0.39, 0.29) is 11.6 Å². The number of non-ortho nitro benzene ring substituents is 1. The Labute approximate surface area is 116 Å². The van der Waals surface area contributed by atoms with Crippen molar-refractivity contribution in [2.75, 3.05) is 0 Å². The zero-order valence-electron chi connectivity index (χ0n) is 10.5. The van der Waals surface area contributed by atoms with E-state index in [2.05, 4.69) is 11.9 Å². The van der Waals surface area contributed by atoms with Gasteiger partial charge in [0.25, 0.3) is 5.69 Å². The maximum absolute atomic E-state index is 10.8. The molecule has 100 valence electrons. The van der Waals surface area contributed by atoms with Gasteiger partial charge in [0.2, 0.25) is 0 Å². The second-order valence-corrected chi connectivity index (χ2v) is 4.43. The van der Waals surface area contributed by atoms with Crippen molar-refractivity contribution < 1.29 is 4.92 Å². The molecular formula is C13H14ClN3O2. The first-order valence-electron chi connectivity index (χ1n) is 6.03. The molecule has 0 bridgehead atoms. The molecule has 0 spiro atoms. The van der Waals surface area contributed by atoms with E-state index in [9.17, 15) is 10.1 Å². The van der Waals surface area contributed by atoms with Crippen molar-refractivity contribution in [3.8, 4) is 5.69 Å². The number of hydrogen-bond acceptors (Lipinski definition) is 3. The Morgan fingerprint density at radius 2 is 2.26 bits per heavy atom. The first-order chi connectivity index (χ1) is 9.17. The molecule has 0 fully saturated rings. The molecule has 0 saturated heterocycles. The van der Waals surface area contributed by atoms with E-state index in [1.54, 1.807) is 12.3 Å². The Bertz CT molecular complexity index is 595. The summed E-state index contributed by atoms with van der Waals surface area (Å²) in [5.41, 5.74) is 1.63. The van der Waals surface area contributed by atoms with Crippen LogP contribution in [0.15, 0.2) is 30.6 Å². The molecule has 2 aromatic rings. The van der Waals surface area contributed by atoms with E-state index in [4.69, 9.17) is 11.6 Å². The van der Waals surface area contributed by atoms with Crippen LogP contribution in [0.4, 0.5) is 5.69 Å². The minimum atomic E-state index is -0.416. The largest absolute Gasteiger partial charge is 0.303 e. The van der Waals surface area contributed by atoms with E-state index in [1.807, 2.05) is 10.8 Å². The Kier molecular flexibility index (Phi) is 4.16. The third-order valence-corrected chi connectivity index (χ3v) is 3.16. The SMILES string of the molecule is CCCc1nccn1-c1ccc([N+](=O)[O-])cc1CCl. The summed E-state index contributed by atoms with van der Waals surface area (Å²) in [6.45, 7) is 2.08. The van der Waals surface area contributed by atoms with E-state index in [0.29, 0.717) is 0 Å². The molecule has 0 aliphatic heterocycles. The topological polar surface area (TPSA) is 61.0 Å². The molecule has 0 atom stereocenters. The molecule has 0 aliphatic rings. The van der Waals surface area contributed by atoms with Gasteiger partial charge in [-0.3, -0.25) is 10.1 Å². The summed E-state index contributed by atoms with van der Waals surface area (Å²) in [5.74, 6) is 1.16. The van der Waals surface area contributed by atoms with Crippen LogP contribution < -0.4 is 0 Å². The predicted octanol–water partition coefficient (Wildman–Crippen LogP) is 3.47. The van der Waals surface area contributed by atoms with Gasteiger partial charge in [-0.05, 0) is 18.1 Å². The second-order valence-electron chi connectivity index (χ2n) is 4.17. The number of imidazole rings is 1. The predicted molar refractivity (Wildman–Crippen MR) is 73.8 cm³/mol. The van der Waals surface area contributed by atoms with Gasteiger partial charge in [-0.2, -0.15) is 0 Å². The van der Waals surface area contributed by atoms with Gasteiger partial charge < -0.3 is 4.57 Å². The summed E-state index contributed by atoms with van der Waals surface area (Å²) in [6, 6.07) is 4.72. The number of alkyl halides is 1. The molecule has 0 saturated carbocycles. The van der Waals surface area contributed by atoms with Crippen molar-refractivity contribution >= 4 is 17.3 Å². The molecule has 6 heteroatoms.